The highest BCUT2D eigenvalue weighted by atomic mass is 32.2. The van der Waals surface area contributed by atoms with Crippen molar-refractivity contribution >= 4 is 16.0 Å². The van der Waals surface area contributed by atoms with E-state index in [0.717, 1.165) is 11.2 Å². The summed E-state index contributed by atoms with van der Waals surface area (Å²) in [5, 5.41) is 15.8. The van der Waals surface area contributed by atoms with Crippen LogP contribution in [0.4, 0.5) is 0 Å². The molecule has 7 heteroatoms. The molecule has 1 heterocycles. The molecule has 6 nitrogen and oxygen atoms in total. The molecule has 0 aliphatic carbocycles. The van der Waals surface area contributed by atoms with E-state index in [1.54, 1.807) is 0 Å². The molecular formula is C8H12N2O4S. The summed E-state index contributed by atoms with van der Waals surface area (Å²) in [7, 11) is -3.80. The van der Waals surface area contributed by atoms with Crippen molar-refractivity contribution in [2.45, 2.75) is 18.6 Å². The second-order valence-corrected chi connectivity index (χ2v) is 5.75. The molecule has 1 saturated heterocycles. The van der Waals surface area contributed by atoms with Crippen LogP contribution >= 0.6 is 0 Å². The van der Waals surface area contributed by atoms with Crippen molar-refractivity contribution in [2.75, 3.05) is 13.1 Å². The van der Waals surface area contributed by atoms with E-state index in [2.05, 4.69) is 0 Å². The molecule has 0 bridgehead atoms. The fourth-order valence-corrected chi connectivity index (χ4v) is 2.87. The van der Waals surface area contributed by atoms with Crippen LogP contribution in [0.25, 0.3) is 0 Å². The summed E-state index contributed by atoms with van der Waals surface area (Å²) in [6, 6.07) is 1.98. The Bertz CT molecular complexity index is 397. The van der Waals surface area contributed by atoms with Crippen LogP contribution in [0.1, 0.15) is 13.3 Å². The maximum absolute atomic E-state index is 11.7. The Kier molecular flexibility index (Phi) is 3.31. The molecule has 2 atom stereocenters. The topological polar surface area (TPSA) is 98.5 Å². The van der Waals surface area contributed by atoms with Gasteiger partial charge in [0.15, 0.2) is 5.25 Å². The van der Waals surface area contributed by atoms with Gasteiger partial charge in [-0.1, -0.05) is 0 Å². The Labute approximate surface area is 88.2 Å². The van der Waals surface area contributed by atoms with E-state index in [1.807, 2.05) is 6.07 Å². The first kappa shape index (κ1) is 11.9. The van der Waals surface area contributed by atoms with Crippen LogP contribution in [0.5, 0.6) is 0 Å². The number of aliphatic carboxylic acids is 1. The number of carboxylic acids is 1. The Morgan fingerprint density at radius 3 is 2.67 bits per heavy atom. The predicted molar refractivity (Wildman–Crippen MR) is 51.3 cm³/mol. The zero-order valence-electron chi connectivity index (χ0n) is 8.25. The maximum atomic E-state index is 11.7. The first-order chi connectivity index (χ1) is 6.89. The van der Waals surface area contributed by atoms with Crippen molar-refractivity contribution in [2.24, 2.45) is 5.92 Å². The number of carbonyl (C=O) groups is 1. The van der Waals surface area contributed by atoms with Gasteiger partial charge in [0.25, 0.3) is 0 Å². The van der Waals surface area contributed by atoms with Crippen LogP contribution < -0.4 is 0 Å². The lowest BCUT2D eigenvalue weighted by atomic mass is 10.1. The highest BCUT2D eigenvalue weighted by Gasteiger charge is 2.38. The zero-order valence-corrected chi connectivity index (χ0v) is 9.07. The molecule has 1 aliphatic heterocycles. The third-order valence-corrected chi connectivity index (χ3v) is 4.63. The molecule has 0 aromatic heterocycles. The predicted octanol–water partition coefficient (Wildman–Crippen LogP) is -0.365. The standard InChI is InChI=1S/C8H12N2O4S/c1-6(8(11)12)15(13,14)10-3-2-7(4-9)5-10/h6-7H,2-3,5H2,1H3,(H,11,12). The molecule has 0 spiro atoms. The lowest BCUT2D eigenvalue weighted by Gasteiger charge is -2.18. The molecule has 0 saturated carbocycles. The SMILES string of the molecule is CC(C(=O)O)S(=O)(=O)N1CCC(C#N)C1. The summed E-state index contributed by atoms with van der Waals surface area (Å²) in [6.45, 7) is 1.48. The van der Waals surface area contributed by atoms with Gasteiger partial charge in [0.1, 0.15) is 0 Å². The molecule has 1 aliphatic rings. The quantitative estimate of drug-likeness (QED) is 0.716. The number of hydrogen-bond acceptors (Lipinski definition) is 4. The van der Waals surface area contributed by atoms with Crippen molar-refractivity contribution in [3.05, 3.63) is 0 Å². The third-order valence-electron chi connectivity index (χ3n) is 2.49. The van der Waals surface area contributed by atoms with Gasteiger partial charge >= 0.3 is 5.97 Å². The van der Waals surface area contributed by atoms with Crippen LogP contribution in [0.3, 0.4) is 0 Å². The number of nitrogens with zero attached hydrogens (tertiary/aromatic N) is 2. The van der Waals surface area contributed by atoms with Gasteiger partial charge in [-0.15, -0.1) is 0 Å². The van der Waals surface area contributed by atoms with Crippen LogP contribution in [-0.4, -0.2) is 42.1 Å². The van der Waals surface area contributed by atoms with Crippen molar-refractivity contribution in [3.8, 4) is 6.07 Å². The number of hydrogen-bond donors (Lipinski definition) is 1. The Hall–Kier alpha value is -1.13. The first-order valence-electron chi connectivity index (χ1n) is 4.51. The second kappa shape index (κ2) is 4.16. The molecule has 0 aromatic rings. The summed E-state index contributed by atoms with van der Waals surface area (Å²) >= 11 is 0. The van der Waals surface area contributed by atoms with E-state index in [4.69, 9.17) is 10.4 Å². The van der Waals surface area contributed by atoms with Crippen LogP contribution in [0.15, 0.2) is 0 Å². The second-order valence-electron chi connectivity index (χ2n) is 3.50. The van der Waals surface area contributed by atoms with Gasteiger partial charge in [0.2, 0.25) is 10.0 Å². The van der Waals surface area contributed by atoms with Gasteiger partial charge in [-0.2, -0.15) is 9.57 Å². The Morgan fingerprint density at radius 2 is 2.27 bits per heavy atom. The molecule has 15 heavy (non-hydrogen) atoms. The van der Waals surface area contributed by atoms with E-state index < -0.39 is 21.2 Å². The summed E-state index contributed by atoms with van der Waals surface area (Å²) in [4.78, 5) is 10.6. The van der Waals surface area contributed by atoms with Crippen LogP contribution in [0, 0.1) is 17.2 Å². The summed E-state index contributed by atoms with van der Waals surface area (Å²) in [5.74, 6) is -1.68. The maximum Gasteiger partial charge on any atom is 0.323 e. The average Bonchev–Trinajstić information content (AvgIpc) is 2.65. The fraction of sp³-hybridized carbons (Fsp3) is 0.750. The summed E-state index contributed by atoms with van der Waals surface area (Å²) < 4.78 is 24.4. The third kappa shape index (κ3) is 2.27. The van der Waals surface area contributed by atoms with Crippen molar-refractivity contribution in [1.29, 1.82) is 5.26 Å². The number of rotatable bonds is 3. The minimum atomic E-state index is -3.80. The van der Waals surface area contributed by atoms with Gasteiger partial charge in [-0.25, -0.2) is 8.42 Å². The largest absolute Gasteiger partial charge is 0.480 e. The van der Waals surface area contributed by atoms with E-state index >= 15 is 0 Å². The van der Waals surface area contributed by atoms with E-state index in [0.29, 0.717) is 6.42 Å². The minimum Gasteiger partial charge on any atom is -0.480 e. The molecule has 0 amide bonds. The fourth-order valence-electron chi connectivity index (χ4n) is 1.42. The van der Waals surface area contributed by atoms with Gasteiger partial charge in [-0.05, 0) is 13.3 Å². The Balaban J connectivity index is 2.82. The van der Waals surface area contributed by atoms with Gasteiger partial charge < -0.3 is 5.11 Å². The number of sulfonamides is 1. The molecule has 2 unspecified atom stereocenters. The van der Waals surface area contributed by atoms with Gasteiger partial charge in [0.05, 0.1) is 12.0 Å². The normalized spacial score (nSPS) is 24.7. The van der Waals surface area contributed by atoms with E-state index in [-0.39, 0.29) is 19.0 Å². The summed E-state index contributed by atoms with van der Waals surface area (Å²) in [5.41, 5.74) is 0. The zero-order chi connectivity index (χ0) is 11.6. The highest BCUT2D eigenvalue weighted by Crippen LogP contribution is 2.21. The van der Waals surface area contributed by atoms with E-state index in [9.17, 15) is 13.2 Å². The molecule has 1 N–H and O–H groups in total. The number of nitriles is 1. The van der Waals surface area contributed by atoms with Crippen molar-refractivity contribution in [3.63, 3.8) is 0 Å². The average molecular weight is 232 g/mol. The molecule has 84 valence electrons. The minimum absolute atomic E-state index is 0.108. The highest BCUT2D eigenvalue weighted by molar-refractivity contribution is 7.90. The molecule has 1 fully saturated rings. The monoisotopic (exact) mass is 232 g/mol. The summed E-state index contributed by atoms with van der Waals surface area (Å²) in [6.07, 6.45) is 0.474. The molecule has 0 radical (unpaired) electrons. The molecule has 0 aromatic carbocycles. The van der Waals surface area contributed by atoms with Crippen molar-refractivity contribution < 1.29 is 18.3 Å². The van der Waals surface area contributed by atoms with Crippen LogP contribution in [0.2, 0.25) is 0 Å². The van der Waals surface area contributed by atoms with Crippen LogP contribution in [-0.2, 0) is 14.8 Å². The smallest absolute Gasteiger partial charge is 0.323 e. The van der Waals surface area contributed by atoms with Gasteiger partial charge in [0, 0.05) is 13.1 Å². The lowest BCUT2D eigenvalue weighted by Crippen LogP contribution is -2.39. The number of carboxylic acid groups (broad SMARTS) is 1. The first-order valence-corrected chi connectivity index (χ1v) is 6.01. The van der Waals surface area contributed by atoms with Crippen molar-refractivity contribution in [1.82, 2.24) is 4.31 Å². The van der Waals surface area contributed by atoms with E-state index in [1.165, 1.54) is 0 Å². The van der Waals surface area contributed by atoms with Gasteiger partial charge in [-0.3, -0.25) is 4.79 Å². The Morgan fingerprint density at radius 1 is 1.67 bits per heavy atom. The molecule has 1 rings (SSSR count). The lowest BCUT2D eigenvalue weighted by molar-refractivity contribution is -0.136. The molecular weight excluding hydrogens is 220 g/mol.